The van der Waals surface area contributed by atoms with E-state index in [2.05, 4.69) is 27.2 Å². The van der Waals surface area contributed by atoms with E-state index in [1.54, 1.807) is 12.4 Å². The van der Waals surface area contributed by atoms with Gasteiger partial charge in [0, 0.05) is 25.5 Å². The van der Waals surface area contributed by atoms with Crippen molar-refractivity contribution in [3.8, 4) is 0 Å². The molecule has 4 nitrogen and oxygen atoms in total. The van der Waals surface area contributed by atoms with Crippen molar-refractivity contribution < 1.29 is 0 Å². The molecule has 1 aliphatic heterocycles. The molecular formula is C13H24N4. The molecule has 0 radical (unpaired) electrons. The van der Waals surface area contributed by atoms with Crippen molar-refractivity contribution in [2.75, 3.05) is 32.0 Å². The summed E-state index contributed by atoms with van der Waals surface area (Å²) in [6.07, 6.45) is 6.15. The van der Waals surface area contributed by atoms with Crippen LogP contribution in [0.1, 0.15) is 26.7 Å². The fourth-order valence-electron chi connectivity index (χ4n) is 2.07. The summed E-state index contributed by atoms with van der Waals surface area (Å²) in [5.41, 5.74) is 0. The van der Waals surface area contributed by atoms with E-state index >= 15 is 0 Å². The number of hydrogen-bond acceptors (Lipinski definition) is 4. The van der Waals surface area contributed by atoms with Crippen molar-refractivity contribution in [3.05, 3.63) is 18.5 Å². The smallest absolute Gasteiger partial charge is 0.222 e. The number of hydrogen-bond donors (Lipinski definition) is 1. The maximum atomic E-state index is 4.15. The number of nitrogens with one attached hydrogen (secondary N) is 1. The number of anilines is 1. The van der Waals surface area contributed by atoms with E-state index in [1.807, 2.05) is 19.9 Å². The lowest BCUT2D eigenvalue weighted by Crippen LogP contribution is -2.35. The zero-order valence-electron chi connectivity index (χ0n) is 11.2. The highest BCUT2D eigenvalue weighted by Gasteiger charge is 2.16. The molecule has 1 fully saturated rings. The first-order chi connectivity index (χ1) is 8.34. The van der Waals surface area contributed by atoms with Crippen LogP contribution in [-0.2, 0) is 0 Å². The van der Waals surface area contributed by atoms with Gasteiger partial charge in [0.25, 0.3) is 0 Å². The Hall–Kier alpha value is -1.16. The highest BCUT2D eigenvalue weighted by Crippen LogP contribution is 2.14. The number of piperidine rings is 1. The predicted molar refractivity (Wildman–Crippen MR) is 72.1 cm³/mol. The molecular weight excluding hydrogens is 212 g/mol. The molecule has 1 aliphatic rings. The van der Waals surface area contributed by atoms with Crippen molar-refractivity contribution in [1.29, 1.82) is 0 Å². The third kappa shape index (κ3) is 5.13. The van der Waals surface area contributed by atoms with Crippen LogP contribution in [0.5, 0.6) is 0 Å². The molecule has 1 N–H and O–H groups in total. The van der Waals surface area contributed by atoms with E-state index in [0.29, 0.717) is 0 Å². The highest BCUT2D eigenvalue weighted by molar-refractivity contribution is 5.21. The Morgan fingerprint density at radius 2 is 2.06 bits per heavy atom. The van der Waals surface area contributed by atoms with Gasteiger partial charge in [0.15, 0.2) is 0 Å². The van der Waals surface area contributed by atoms with E-state index in [-0.39, 0.29) is 0 Å². The molecule has 0 saturated carbocycles. The molecule has 1 aromatic heterocycles. The van der Waals surface area contributed by atoms with Gasteiger partial charge in [-0.1, -0.05) is 13.8 Å². The molecule has 1 unspecified atom stereocenters. The minimum Gasteiger partial charge on any atom is -0.354 e. The molecule has 96 valence electrons. The Morgan fingerprint density at radius 1 is 1.35 bits per heavy atom. The number of aromatic nitrogens is 2. The number of likely N-dealkylation sites (tertiary alicyclic amines) is 1. The molecule has 0 amide bonds. The Labute approximate surface area is 104 Å². The van der Waals surface area contributed by atoms with Crippen LogP contribution in [-0.4, -0.2) is 41.5 Å². The van der Waals surface area contributed by atoms with E-state index in [4.69, 9.17) is 0 Å². The lowest BCUT2D eigenvalue weighted by atomic mass is 9.99. The Morgan fingerprint density at radius 3 is 2.71 bits per heavy atom. The van der Waals surface area contributed by atoms with E-state index < -0.39 is 0 Å². The average Bonchev–Trinajstić information content (AvgIpc) is 2.40. The summed E-state index contributed by atoms with van der Waals surface area (Å²) in [6.45, 7) is 7.40. The number of rotatable bonds is 3. The van der Waals surface area contributed by atoms with Gasteiger partial charge in [-0.15, -0.1) is 0 Å². The Bertz CT molecular complexity index is 289. The van der Waals surface area contributed by atoms with Crippen molar-refractivity contribution in [3.63, 3.8) is 0 Å². The van der Waals surface area contributed by atoms with Gasteiger partial charge < -0.3 is 10.2 Å². The van der Waals surface area contributed by atoms with Crippen LogP contribution < -0.4 is 5.32 Å². The van der Waals surface area contributed by atoms with Gasteiger partial charge in [-0.05, 0) is 38.4 Å². The first-order valence-electron chi connectivity index (χ1n) is 6.54. The van der Waals surface area contributed by atoms with Crippen LogP contribution in [0.25, 0.3) is 0 Å². The van der Waals surface area contributed by atoms with Gasteiger partial charge in [0.05, 0.1) is 0 Å². The molecule has 0 aromatic carbocycles. The summed E-state index contributed by atoms with van der Waals surface area (Å²) in [6, 6.07) is 1.83. The van der Waals surface area contributed by atoms with Crippen LogP contribution in [0, 0.1) is 5.92 Å². The topological polar surface area (TPSA) is 41.0 Å². The lowest BCUT2D eigenvalue weighted by Gasteiger charge is -2.29. The van der Waals surface area contributed by atoms with Crippen LogP contribution in [0.2, 0.25) is 0 Å². The molecule has 0 bridgehead atoms. The fourth-order valence-corrected chi connectivity index (χ4v) is 2.07. The van der Waals surface area contributed by atoms with Crippen molar-refractivity contribution >= 4 is 5.95 Å². The summed E-state index contributed by atoms with van der Waals surface area (Å²) in [4.78, 5) is 10.7. The maximum Gasteiger partial charge on any atom is 0.222 e. The molecule has 0 spiro atoms. The van der Waals surface area contributed by atoms with Crippen LogP contribution in [0.3, 0.4) is 0 Å². The first kappa shape index (κ1) is 13.9. The van der Waals surface area contributed by atoms with E-state index in [0.717, 1.165) is 18.4 Å². The molecule has 1 saturated heterocycles. The summed E-state index contributed by atoms with van der Waals surface area (Å²) in [5, 5.41) is 3.29. The van der Waals surface area contributed by atoms with Crippen LogP contribution >= 0.6 is 0 Å². The second-order valence-corrected chi connectivity index (χ2v) is 4.22. The third-order valence-corrected chi connectivity index (χ3v) is 2.84. The van der Waals surface area contributed by atoms with Crippen molar-refractivity contribution in [2.45, 2.75) is 26.7 Å². The molecule has 1 atom stereocenters. The normalized spacial score (nSPS) is 20.3. The van der Waals surface area contributed by atoms with Gasteiger partial charge in [0.2, 0.25) is 5.95 Å². The van der Waals surface area contributed by atoms with Gasteiger partial charge in [-0.2, -0.15) is 0 Å². The average molecular weight is 236 g/mol. The minimum absolute atomic E-state index is 0.729. The summed E-state index contributed by atoms with van der Waals surface area (Å²) in [7, 11) is 2.19. The van der Waals surface area contributed by atoms with Gasteiger partial charge in [0.1, 0.15) is 0 Å². The highest BCUT2D eigenvalue weighted by atomic mass is 15.1. The zero-order chi connectivity index (χ0) is 12.5. The molecule has 2 heterocycles. The summed E-state index contributed by atoms with van der Waals surface area (Å²) in [5.74, 6) is 1.47. The molecule has 2 rings (SSSR count). The monoisotopic (exact) mass is 236 g/mol. The predicted octanol–water partition coefficient (Wildman–Crippen LogP) is 2.26. The second-order valence-electron chi connectivity index (χ2n) is 4.22. The van der Waals surface area contributed by atoms with Crippen molar-refractivity contribution in [2.24, 2.45) is 5.92 Å². The zero-order valence-corrected chi connectivity index (χ0v) is 11.2. The Balaban J connectivity index is 0.000000686. The van der Waals surface area contributed by atoms with Crippen LogP contribution in [0.4, 0.5) is 5.95 Å². The molecule has 0 aliphatic carbocycles. The fraction of sp³-hybridized carbons (Fsp3) is 0.692. The largest absolute Gasteiger partial charge is 0.354 e. The summed E-state index contributed by atoms with van der Waals surface area (Å²) < 4.78 is 0. The molecule has 17 heavy (non-hydrogen) atoms. The standard InChI is InChI=1S/C11H18N4.C2H6/c1-15-7-2-4-10(9-15)8-14-11-12-5-3-6-13-11;1-2/h3,5-6,10H,2,4,7-9H2,1H3,(H,12,13,14);1-2H3. The Kier molecular flexibility index (Phi) is 6.55. The summed E-state index contributed by atoms with van der Waals surface area (Å²) >= 11 is 0. The van der Waals surface area contributed by atoms with E-state index in [9.17, 15) is 0 Å². The molecule has 1 aromatic rings. The van der Waals surface area contributed by atoms with Gasteiger partial charge in [-0.3, -0.25) is 0 Å². The quantitative estimate of drug-likeness (QED) is 0.874. The minimum atomic E-state index is 0.729. The number of nitrogens with zero attached hydrogens (tertiary/aromatic N) is 3. The molecule has 4 heteroatoms. The van der Waals surface area contributed by atoms with Gasteiger partial charge >= 0.3 is 0 Å². The van der Waals surface area contributed by atoms with Gasteiger partial charge in [-0.25, -0.2) is 9.97 Å². The SMILES string of the molecule is CC.CN1CCCC(CNc2ncccn2)C1. The third-order valence-electron chi connectivity index (χ3n) is 2.84. The van der Waals surface area contributed by atoms with Crippen LogP contribution in [0.15, 0.2) is 18.5 Å². The first-order valence-corrected chi connectivity index (χ1v) is 6.54. The lowest BCUT2D eigenvalue weighted by molar-refractivity contribution is 0.217. The second kappa shape index (κ2) is 8.01. The van der Waals surface area contributed by atoms with E-state index in [1.165, 1.54) is 25.9 Å². The van der Waals surface area contributed by atoms with Crippen molar-refractivity contribution in [1.82, 2.24) is 14.9 Å². The maximum absolute atomic E-state index is 4.15.